The zero-order valence-corrected chi connectivity index (χ0v) is 16.2. The molecule has 0 spiro atoms. The first kappa shape index (κ1) is 19.6. The van der Waals surface area contributed by atoms with E-state index in [0.29, 0.717) is 30.4 Å². The number of oxazole rings is 1. The van der Waals surface area contributed by atoms with Gasteiger partial charge in [0, 0.05) is 30.6 Å². The van der Waals surface area contributed by atoms with Crippen molar-refractivity contribution in [2.75, 3.05) is 13.1 Å². The Morgan fingerprint density at radius 1 is 1.11 bits per heavy atom. The molecule has 0 aliphatic rings. The molecule has 0 amide bonds. The van der Waals surface area contributed by atoms with Gasteiger partial charge in [0.05, 0.1) is 12.2 Å². The van der Waals surface area contributed by atoms with Crippen molar-refractivity contribution >= 4 is 5.96 Å². The maximum Gasteiger partial charge on any atom is 0.226 e. The second-order valence-electron chi connectivity index (χ2n) is 6.47. The Morgan fingerprint density at radius 3 is 2.64 bits per heavy atom. The van der Waals surface area contributed by atoms with Crippen molar-refractivity contribution in [2.45, 2.75) is 26.8 Å². The Kier molecular flexibility index (Phi) is 6.78. The predicted octanol–water partition coefficient (Wildman–Crippen LogP) is 4.09. The standard InChI is InChI=1S/C22H25FN4O/c1-3-24-22(26-14-18-6-4-5-7-20(18)23)25-13-12-19-15-28-21(27-19)17-10-8-16(2)9-11-17/h4-11,15H,3,12-14H2,1-2H3,(H2,24,25,26). The van der Waals surface area contributed by atoms with E-state index >= 15 is 0 Å². The molecule has 3 rings (SSSR count). The summed E-state index contributed by atoms with van der Waals surface area (Å²) in [7, 11) is 0. The molecule has 2 N–H and O–H groups in total. The molecule has 0 unspecified atom stereocenters. The van der Waals surface area contributed by atoms with Gasteiger partial charge >= 0.3 is 0 Å². The largest absolute Gasteiger partial charge is 0.444 e. The first-order valence-corrected chi connectivity index (χ1v) is 9.42. The van der Waals surface area contributed by atoms with Crippen LogP contribution in [0.25, 0.3) is 11.5 Å². The minimum Gasteiger partial charge on any atom is -0.444 e. The molecular formula is C22H25FN4O. The van der Waals surface area contributed by atoms with E-state index in [-0.39, 0.29) is 12.4 Å². The van der Waals surface area contributed by atoms with Gasteiger partial charge in [-0.15, -0.1) is 0 Å². The summed E-state index contributed by atoms with van der Waals surface area (Å²) in [5, 5.41) is 6.42. The average molecular weight is 380 g/mol. The van der Waals surface area contributed by atoms with Gasteiger partial charge in [0.25, 0.3) is 0 Å². The summed E-state index contributed by atoms with van der Waals surface area (Å²) >= 11 is 0. The smallest absolute Gasteiger partial charge is 0.226 e. The number of hydrogen-bond acceptors (Lipinski definition) is 3. The number of aromatic nitrogens is 1. The number of aliphatic imine (C=N–C) groups is 1. The Balaban J connectivity index is 1.55. The maximum absolute atomic E-state index is 13.7. The fourth-order valence-corrected chi connectivity index (χ4v) is 2.69. The quantitative estimate of drug-likeness (QED) is 0.479. The van der Waals surface area contributed by atoms with Crippen LogP contribution in [0.15, 0.2) is 64.2 Å². The average Bonchev–Trinajstić information content (AvgIpc) is 3.16. The van der Waals surface area contributed by atoms with Crippen molar-refractivity contribution in [1.82, 2.24) is 15.6 Å². The van der Waals surface area contributed by atoms with Crippen molar-refractivity contribution in [2.24, 2.45) is 4.99 Å². The number of halogens is 1. The number of rotatable bonds is 7. The van der Waals surface area contributed by atoms with Gasteiger partial charge in [-0.3, -0.25) is 0 Å². The van der Waals surface area contributed by atoms with Crippen LogP contribution in [0.4, 0.5) is 4.39 Å². The van der Waals surface area contributed by atoms with Gasteiger partial charge < -0.3 is 15.1 Å². The van der Waals surface area contributed by atoms with Crippen LogP contribution in [0.3, 0.4) is 0 Å². The molecular weight excluding hydrogens is 355 g/mol. The monoisotopic (exact) mass is 380 g/mol. The molecule has 0 radical (unpaired) electrons. The van der Waals surface area contributed by atoms with Crippen LogP contribution < -0.4 is 10.6 Å². The summed E-state index contributed by atoms with van der Waals surface area (Å²) in [6, 6.07) is 14.7. The van der Waals surface area contributed by atoms with Gasteiger partial charge in [-0.2, -0.15) is 0 Å². The first-order chi connectivity index (χ1) is 13.7. The number of benzene rings is 2. The number of guanidine groups is 1. The van der Waals surface area contributed by atoms with Crippen LogP contribution in [0, 0.1) is 12.7 Å². The maximum atomic E-state index is 13.7. The van der Waals surface area contributed by atoms with E-state index < -0.39 is 0 Å². The van der Waals surface area contributed by atoms with Crippen molar-refractivity contribution in [3.05, 3.63) is 77.4 Å². The lowest BCUT2D eigenvalue weighted by atomic mass is 10.1. The zero-order chi connectivity index (χ0) is 19.8. The van der Waals surface area contributed by atoms with Crippen LogP contribution in [0.2, 0.25) is 0 Å². The molecule has 3 aromatic rings. The minimum atomic E-state index is -0.242. The third-order valence-electron chi connectivity index (χ3n) is 4.23. The third-order valence-corrected chi connectivity index (χ3v) is 4.23. The molecule has 5 nitrogen and oxygen atoms in total. The van der Waals surface area contributed by atoms with E-state index in [1.165, 1.54) is 11.6 Å². The van der Waals surface area contributed by atoms with Crippen LogP contribution in [-0.2, 0) is 13.0 Å². The van der Waals surface area contributed by atoms with Crippen LogP contribution in [0.5, 0.6) is 0 Å². The van der Waals surface area contributed by atoms with Gasteiger partial charge in [-0.1, -0.05) is 35.9 Å². The summed E-state index contributed by atoms with van der Waals surface area (Å²) in [4.78, 5) is 8.99. The lowest BCUT2D eigenvalue weighted by molar-refractivity contribution is 0.572. The van der Waals surface area contributed by atoms with Gasteiger partial charge in [-0.25, -0.2) is 14.4 Å². The molecule has 2 aromatic carbocycles. The van der Waals surface area contributed by atoms with Crippen molar-refractivity contribution in [3.8, 4) is 11.5 Å². The fourth-order valence-electron chi connectivity index (χ4n) is 2.69. The number of hydrogen-bond donors (Lipinski definition) is 2. The Bertz CT molecular complexity index is 918. The summed E-state index contributed by atoms with van der Waals surface area (Å²) in [5.74, 6) is 1.02. The molecule has 0 fully saturated rings. The zero-order valence-electron chi connectivity index (χ0n) is 16.2. The van der Waals surface area contributed by atoms with E-state index in [9.17, 15) is 4.39 Å². The molecule has 1 aromatic heterocycles. The Labute approximate surface area is 164 Å². The topological polar surface area (TPSA) is 62.5 Å². The molecule has 0 bridgehead atoms. The lowest BCUT2D eigenvalue weighted by Crippen LogP contribution is -2.38. The lowest BCUT2D eigenvalue weighted by Gasteiger charge is -2.10. The summed E-state index contributed by atoms with van der Waals surface area (Å²) in [5.41, 5.74) is 3.60. The number of aryl methyl sites for hydroxylation is 1. The molecule has 0 saturated heterocycles. The normalized spacial score (nSPS) is 11.5. The van der Waals surface area contributed by atoms with E-state index in [0.717, 1.165) is 17.8 Å². The summed E-state index contributed by atoms with van der Waals surface area (Å²) in [6.45, 7) is 5.69. The molecule has 6 heteroatoms. The van der Waals surface area contributed by atoms with Gasteiger partial charge in [-0.05, 0) is 32.0 Å². The Hall–Kier alpha value is -3.15. The number of nitrogens with zero attached hydrogens (tertiary/aromatic N) is 2. The van der Waals surface area contributed by atoms with E-state index in [4.69, 9.17) is 4.42 Å². The first-order valence-electron chi connectivity index (χ1n) is 9.42. The predicted molar refractivity (Wildman–Crippen MR) is 110 cm³/mol. The minimum absolute atomic E-state index is 0.242. The third kappa shape index (κ3) is 5.42. The van der Waals surface area contributed by atoms with Crippen molar-refractivity contribution in [3.63, 3.8) is 0 Å². The highest BCUT2D eigenvalue weighted by atomic mass is 19.1. The van der Waals surface area contributed by atoms with E-state index in [1.807, 2.05) is 44.2 Å². The van der Waals surface area contributed by atoms with Crippen LogP contribution in [-0.4, -0.2) is 24.0 Å². The summed E-state index contributed by atoms with van der Waals surface area (Å²) < 4.78 is 19.3. The van der Waals surface area contributed by atoms with E-state index in [2.05, 4.69) is 20.6 Å². The molecule has 146 valence electrons. The second kappa shape index (κ2) is 9.69. The highest BCUT2D eigenvalue weighted by Gasteiger charge is 2.07. The molecule has 0 atom stereocenters. The van der Waals surface area contributed by atoms with Crippen LogP contribution in [0.1, 0.15) is 23.7 Å². The molecule has 28 heavy (non-hydrogen) atoms. The van der Waals surface area contributed by atoms with Gasteiger partial charge in [0.15, 0.2) is 5.96 Å². The molecule has 0 saturated carbocycles. The molecule has 1 heterocycles. The van der Waals surface area contributed by atoms with E-state index in [1.54, 1.807) is 18.4 Å². The molecule has 0 aliphatic carbocycles. The second-order valence-corrected chi connectivity index (χ2v) is 6.47. The van der Waals surface area contributed by atoms with Gasteiger partial charge in [0.1, 0.15) is 12.1 Å². The molecule has 0 aliphatic heterocycles. The summed E-state index contributed by atoms with van der Waals surface area (Å²) in [6.07, 6.45) is 2.37. The van der Waals surface area contributed by atoms with Crippen LogP contribution >= 0.6 is 0 Å². The fraction of sp³-hybridized carbons (Fsp3) is 0.273. The van der Waals surface area contributed by atoms with Crippen molar-refractivity contribution < 1.29 is 8.81 Å². The van der Waals surface area contributed by atoms with Gasteiger partial charge in [0.2, 0.25) is 5.89 Å². The Morgan fingerprint density at radius 2 is 1.89 bits per heavy atom. The highest BCUT2D eigenvalue weighted by Crippen LogP contribution is 2.19. The number of nitrogens with one attached hydrogen (secondary N) is 2. The SMILES string of the molecule is CCNC(=NCc1ccccc1F)NCCc1coc(-c2ccc(C)cc2)n1. The highest BCUT2D eigenvalue weighted by molar-refractivity contribution is 5.79. The van der Waals surface area contributed by atoms with Crippen molar-refractivity contribution in [1.29, 1.82) is 0 Å².